The molecule has 0 atom stereocenters. The Morgan fingerprint density at radius 2 is 1.93 bits per heavy atom. The Hall–Kier alpha value is -1.51. The second-order valence-corrected chi connectivity index (χ2v) is 4.13. The molecule has 4 heteroatoms. The Balaban J connectivity index is 2.85. The van der Waals surface area contributed by atoms with Crippen LogP contribution in [0.5, 0.6) is 0 Å². The van der Waals surface area contributed by atoms with Gasteiger partial charge in [-0.15, -0.1) is 0 Å². The molecular formula is C11H15N3O. The van der Waals surface area contributed by atoms with Gasteiger partial charge in [0.25, 0.3) is 0 Å². The third-order valence-electron chi connectivity index (χ3n) is 2.45. The first-order valence-electron chi connectivity index (χ1n) is 4.81. The number of rotatable bonds is 4. The number of aliphatic hydroxyl groups is 1. The lowest BCUT2D eigenvalue weighted by Gasteiger charge is -2.22. The second kappa shape index (κ2) is 4.82. The minimum absolute atomic E-state index is 0.114. The highest BCUT2D eigenvalue weighted by molar-refractivity contribution is 5.28. The SMILES string of the molecule is CC(C)(CO)c1ccc(CN=[N+]=[N-])cc1. The molecule has 1 aromatic rings. The Kier molecular flexibility index (Phi) is 3.72. The Morgan fingerprint density at radius 1 is 1.33 bits per heavy atom. The van der Waals surface area contributed by atoms with Gasteiger partial charge < -0.3 is 5.11 Å². The largest absolute Gasteiger partial charge is 0.395 e. The zero-order valence-corrected chi connectivity index (χ0v) is 9.01. The number of aliphatic hydroxyl groups excluding tert-OH is 1. The molecule has 0 saturated heterocycles. The minimum atomic E-state index is -0.225. The molecule has 80 valence electrons. The molecule has 0 bridgehead atoms. The van der Waals surface area contributed by atoms with Crippen LogP contribution >= 0.6 is 0 Å². The van der Waals surface area contributed by atoms with Gasteiger partial charge in [0.2, 0.25) is 0 Å². The van der Waals surface area contributed by atoms with Crippen molar-refractivity contribution < 1.29 is 5.11 Å². The van der Waals surface area contributed by atoms with Crippen LogP contribution in [0.3, 0.4) is 0 Å². The zero-order valence-electron chi connectivity index (χ0n) is 9.01. The lowest BCUT2D eigenvalue weighted by atomic mass is 9.85. The second-order valence-electron chi connectivity index (χ2n) is 4.13. The average molecular weight is 205 g/mol. The summed E-state index contributed by atoms with van der Waals surface area (Å²) in [5.41, 5.74) is 10.0. The van der Waals surface area contributed by atoms with E-state index in [9.17, 15) is 5.11 Å². The first-order valence-corrected chi connectivity index (χ1v) is 4.81. The van der Waals surface area contributed by atoms with Gasteiger partial charge in [-0.25, -0.2) is 0 Å². The maximum atomic E-state index is 9.19. The van der Waals surface area contributed by atoms with E-state index in [4.69, 9.17) is 5.53 Å². The van der Waals surface area contributed by atoms with E-state index in [2.05, 4.69) is 10.0 Å². The molecule has 0 amide bonds. The van der Waals surface area contributed by atoms with Crippen molar-refractivity contribution in [3.8, 4) is 0 Å². The van der Waals surface area contributed by atoms with Gasteiger partial charge in [-0.3, -0.25) is 0 Å². The molecule has 4 nitrogen and oxygen atoms in total. The predicted molar refractivity (Wildman–Crippen MR) is 59.4 cm³/mol. The monoisotopic (exact) mass is 205 g/mol. The first kappa shape index (κ1) is 11.6. The lowest BCUT2D eigenvalue weighted by Crippen LogP contribution is -2.21. The molecule has 1 rings (SSSR count). The third-order valence-corrected chi connectivity index (χ3v) is 2.45. The van der Waals surface area contributed by atoms with E-state index in [0.717, 1.165) is 11.1 Å². The van der Waals surface area contributed by atoms with Crippen LogP contribution in [0.25, 0.3) is 10.4 Å². The lowest BCUT2D eigenvalue weighted by molar-refractivity contribution is 0.218. The molecule has 0 aliphatic carbocycles. The molecular weight excluding hydrogens is 190 g/mol. The van der Waals surface area contributed by atoms with Gasteiger partial charge in [-0.1, -0.05) is 43.2 Å². The van der Waals surface area contributed by atoms with E-state index in [-0.39, 0.29) is 12.0 Å². The van der Waals surface area contributed by atoms with Crippen LogP contribution in [-0.2, 0) is 12.0 Å². The van der Waals surface area contributed by atoms with Gasteiger partial charge in [0, 0.05) is 10.3 Å². The molecule has 1 N–H and O–H groups in total. The van der Waals surface area contributed by atoms with Crippen molar-refractivity contribution in [3.63, 3.8) is 0 Å². The molecule has 0 aromatic heterocycles. The van der Waals surface area contributed by atoms with Crippen LogP contribution in [0.4, 0.5) is 0 Å². The van der Waals surface area contributed by atoms with Crippen molar-refractivity contribution in [1.82, 2.24) is 0 Å². The van der Waals surface area contributed by atoms with Crippen LogP contribution in [0.15, 0.2) is 29.4 Å². The summed E-state index contributed by atoms with van der Waals surface area (Å²) in [5, 5.41) is 12.7. The highest BCUT2D eigenvalue weighted by Crippen LogP contribution is 2.22. The fourth-order valence-electron chi connectivity index (χ4n) is 1.27. The van der Waals surface area contributed by atoms with E-state index in [1.54, 1.807) is 0 Å². The van der Waals surface area contributed by atoms with E-state index < -0.39 is 0 Å². The summed E-state index contributed by atoms with van der Waals surface area (Å²) in [6.45, 7) is 4.45. The quantitative estimate of drug-likeness (QED) is 0.458. The van der Waals surface area contributed by atoms with Crippen LogP contribution in [-0.4, -0.2) is 11.7 Å². The van der Waals surface area contributed by atoms with Crippen LogP contribution in [0, 0.1) is 0 Å². The van der Waals surface area contributed by atoms with Gasteiger partial charge in [-0.05, 0) is 16.7 Å². The fourth-order valence-corrected chi connectivity index (χ4v) is 1.27. The van der Waals surface area contributed by atoms with Crippen LogP contribution in [0.1, 0.15) is 25.0 Å². The van der Waals surface area contributed by atoms with Gasteiger partial charge >= 0.3 is 0 Å². The van der Waals surface area contributed by atoms with Crippen LogP contribution in [0.2, 0.25) is 0 Å². The van der Waals surface area contributed by atoms with Crippen molar-refractivity contribution >= 4 is 0 Å². The number of azide groups is 1. The smallest absolute Gasteiger partial charge is 0.0522 e. The third kappa shape index (κ3) is 2.98. The molecule has 0 saturated carbocycles. The molecule has 0 heterocycles. The topological polar surface area (TPSA) is 69.0 Å². The summed E-state index contributed by atoms with van der Waals surface area (Å²) < 4.78 is 0. The van der Waals surface area contributed by atoms with Gasteiger partial charge in [0.15, 0.2) is 0 Å². The van der Waals surface area contributed by atoms with Gasteiger partial charge in [0.05, 0.1) is 13.2 Å². The summed E-state index contributed by atoms with van der Waals surface area (Å²) in [7, 11) is 0. The normalized spacial score (nSPS) is 10.9. The summed E-state index contributed by atoms with van der Waals surface area (Å²) in [6.07, 6.45) is 0. The Bertz CT molecular complexity index is 364. The minimum Gasteiger partial charge on any atom is -0.395 e. The maximum Gasteiger partial charge on any atom is 0.0522 e. The Labute approximate surface area is 89.2 Å². The van der Waals surface area contributed by atoms with Crippen LogP contribution < -0.4 is 0 Å². The summed E-state index contributed by atoms with van der Waals surface area (Å²) in [4.78, 5) is 2.70. The molecule has 0 spiro atoms. The fraction of sp³-hybridized carbons (Fsp3) is 0.455. The van der Waals surface area contributed by atoms with E-state index >= 15 is 0 Å². The van der Waals surface area contributed by atoms with E-state index in [0.29, 0.717) is 6.54 Å². The number of nitrogens with zero attached hydrogens (tertiary/aromatic N) is 3. The maximum absolute atomic E-state index is 9.19. The average Bonchev–Trinajstić information content (AvgIpc) is 2.27. The van der Waals surface area contributed by atoms with E-state index in [1.165, 1.54) is 0 Å². The standard InChI is InChI=1S/C11H15N3O/c1-11(2,8-15)10-5-3-9(4-6-10)7-13-14-12/h3-6,15H,7-8H2,1-2H3. The van der Waals surface area contributed by atoms with Crippen molar-refractivity contribution in [2.75, 3.05) is 6.61 Å². The van der Waals surface area contributed by atoms with Crippen molar-refractivity contribution in [3.05, 3.63) is 45.8 Å². The molecule has 0 radical (unpaired) electrons. The molecule has 1 aromatic carbocycles. The number of hydrogen-bond acceptors (Lipinski definition) is 2. The highest BCUT2D eigenvalue weighted by atomic mass is 16.3. The molecule has 0 unspecified atom stereocenters. The molecule has 0 aliphatic rings. The van der Waals surface area contributed by atoms with Crippen molar-refractivity contribution in [2.45, 2.75) is 25.8 Å². The van der Waals surface area contributed by atoms with Gasteiger partial charge in [-0.2, -0.15) is 0 Å². The van der Waals surface area contributed by atoms with Crippen molar-refractivity contribution in [2.24, 2.45) is 5.11 Å². The summed E-state index contributed by atoms with van der Waals surface area (Å²) in [6, 6.07) is 7.75. The van der Waals surface area contributed by atoms with Crippen molar-refractivity contribution in [1.29, 1.82) is 0 Å². The number of hydrogen-bond donors (Lipinski definition) is 1. The molecule has 0 fully saturated rings. The predicted octanol–water partition coefficient (Wildman–Crippen LogP) is 2.77. The zero-order chi connectivity index (χ0) is 11.3. The summed E-state index contributed by atoms with van der Waals surface area (Å²) >= 11 is 0. The van der Waals surface area contributed by atoms with Gasteiger partial charge in [0.1, 0.15) is 0 Å². The first-order chi connectivity index (χ1) is 7.10. The number of benzene rings is 1. The highest BCUT2D eigenvalue weighted by Gasteiger charge is 2.18. The molecule has 0 aliphatic heterocycles. The Morgan fingerprint density at radius 3 is 2.40 bits per heavy atom. The molecule has 15 heavy (non-hydrogen) atoms. The summed E-state index contributed by atoms with van der Waals surface area (Å²) in [5.74, 6) is 0. The van der Waals surface area contributed by atoms with E-state index in [1.807, 2.05) is 38.1 Å².